The summed E-state index contributed by atoms with van der Waals surface area (Å²) in [6, 6.07) is 14.3. The van der Waals surface area contributed by atoms with Gasteiger partial charge in [0.1, 0.15) is 11.6 Å². The Balaban J connectivity index is 1.55. The highest BCUT2D eigenvalue weighted by Gasteiger charge is 2.38. The zero-order valence-electron chi connectivity index (χ0n) is 20.5. The number of anilines is 2. The Morgan fingerprint density at radius 1 is 1.03 bits per heavy atom. The Labute approximate surface area is 209 Å². The first-order chi connectivity index (χ1) is 17.4. The molecule has 3 aromatic rings. The number of fused-ring (bicyclic) bond motifs is 1. The van der Waals surface area contributed by atoms with E-state index >= 15 is 0 Å². The molecule has 0 bridgehead atoms. The lowest BCUT2D eigenvalue weighted by atomic mass is 10.1. The van der Waals surface area contributed by atoms with E-state index in [9.17, 15) is 9.18 Å². The molecule has 8 nitrogen and oxygen atoms in total. The number of methoxy groups -OCH3 is 1. The van der Waals surface area contributed by atoms with Crippen LogP contribution >= 0.6 is 0 Å². The zero-order valence-corrected chi connectivity index (χ0v) is 20.5. The number of guanidine groups is 1. The predicted molar refractivity (Wildman–Crippen MR) is 136 cm³/mol. The number of halogens is 1. The van der Waals surface area contributed by atoms with Crippen LogP contribution in [0.1, 0.15) is 24.3 Å². The van der Waals surface area contributed by atoms with Gasteiger partial charge in [-0.1, -0.05) is 6.07 Å². The van der Waals surface area contributed by atoms with E-state index < -0.39 is 12.2 Å². The summed E-state index contributed by atoms with van der Waals surface area (Å²) >= 11 is 0. The highest BCUT2D eigenvalue weighted by Crippen LogP contribution is 2.42. The number of piperazine rings is 1. The van der Waals surface area contributed by atoms with Crippen molar-refractivity contribution < 1.29 is 18.7 Å². The van der Waals surface area contributed by atoms with E-state index in [1.165, 1.54) is 19.1 Å². The number of esters is 1. The molecule has 9 heteroatoms. The van der Waals surface area contributed by atoms with Gasteiger partial charge in [-0.05, 0) is 55.0 Å². The van der Waals surface area contributed by atoms with Crippen molar-refractivity contribution in [2.75, 3.05) is 43.1 Å². The molecule has 2 aliphatic heterocycles. The summed E-state index contributed by atoms with van der Waals surface area (Å²) < 4.78 is 25.0. The molecule has 2 aromatic carbocycles. The molecule has 1 aromatic heterocycles. The van der Waals surface area contributed by atoms with Crippen molar-refractivity contribution in [3.63, 3.8) is 0 Å². The molecule has 0 spiro atoms. The molecule has 5 rings (SSSR count). The maximum atomic E-state index is 13.4. The van der Waals surface area contributed by atoms with Crippen molar-refractivity contribution >= 4 is 29.0 Å². The fourth-order valence-corrected chi connectivity index (χ4v) is 4.63. The lowest BCUT2D eigenvalue weighted by molar-refractivity contribution is -0.146. The first-order valence-corrected chi connectivity index (χ1v) is 11.8. The molecule has 0 N–H and O–H groups in total. The van der Waals surface area contributed by atoms with Crippen LogP contribution < -0.4 is 14.5 Å². The van der Waals surface area contributed by atoms with Gasteiger partial charge < -0.3 is 19.3 Å². The van der Waals surface area contributed by atoms with Crippen LogP contribution in [-0.4, -0.2) is 55.1 Å². The molecule has 1 saturated heterocycles. The fourth-order valence-electron chi connectivity index (χ4n) is 4.63. The van der Waals surface area contributed by atoms with Crippen molar-refractivity contribution in [3.8, 4) is 5.75 Å². The summed E-state index contributed by atoms with van der Waals surface area (Å²) in [6.07, 6.45) is 2.61. The molecule has 0 saturated carbocycles. The van der Waals surface area contributed by atoms with Gasteiger partial charge >= 0.3 is 5.97 Å². The summed E-state index contributed by atoms with van der Waals surface area (Å²) in [7, 11) is 1.62. The molecule has 1 fully saturated rings. The van der Waals surface area contributed by atoms with Crippen LogP contribution in [0.15, 0.2) is 65.9 Å². The second-order valence-corrected chi connectivity index (χ2v) is 8.80. The Morgan fingerprint density at radius 2 is 1.75 bits per heavy atom. The molecule has 36 heavy (non-hydrogen) atoms. The quantitative estimate of drug-likeness (QED) is 0.502. The van der Waals surface area contributed by atoms with Gasteiger partial charge in [-0.2, -0.15) is 0 Å². The molecule has 2 aliphatic rings. The van der Waals surface area contributed by atoms with Crippen LogP contribution in [0.4, 0.5) is 21.5 Å². The normalized spacial score (nSPS) is 17.4. The largest absolute Gasteiger partial charge is 0.495 e. The summed E-state index contributed by atoms with van der Waals surface area (Å²) in [4.78, 5) is 27.8. The first-order valence-electron chi connectivity index (χ1n) is 11.8. The number of aryl methyl sites for hydroxylation is 1. The number of hydrogen-bond donors (Lipinski definition) is 0. The van der Waals surface area contributed by atoms with Gasteiger partial charge in [0.2, 0.25) is 12.2 Å². The van der Waals surface area contributed by atoms with E-state index in [0.29, 0.717) is 36.0 Å². The summed E-state index contributed by atoms with van der Waals surface area (Å²) in [6.45, 7) is 6.20. The van der Waals surface area contributed by atoms with Gasteiger partial charge in [-0.15, -0.1) is 0 Å². The van der Waals surface area contributed by atoms with E-state index in [1.54, 1.807) is 31.6 Å². The van der Waals surface area contributed by atoms with Gasteiger partial charge in [-0.3, -0.25) is 14.7 Å². The van der Waals surface area contributed by atoms with Gasteiger partial charge in [0.15, 0.2) is 0 Å². The number of benzene rings is 2. The maximum absolute atomic E-state index is 13.4. The smallest absolute Gasteiger partial charge is 0.304 e. The minimum absolute atomic E-state index is 0.249. The summed E-state index contributed by atoms with van der Waals surface area (Å²) in [5.41, 5.74) is 4.16. The second kappa shape index (κ2) is 9.85. The van der Waals surface area contributed by atoms with Crippen molar-refractivity contribution in [1.82, 2.24) is 9.88 Å². The zero-order chi connectivity index (χ0) is 25.2. The lowest BCUT2D eigenvalue weighted by Gasteiger charge is -2.44. The number of carbonyl (C=O) groups excluding carboxylic acids is 1. The Hall–Kier alpha value is -4.14. The van der Waals surface area contributed by atoms with Crippen LogP contribution in [0.25, 0.3) is 0 Å². The SMILES string of the molecule is COc1ccc(C)cc1N1C(N2CCN(c3ccc(F)cc3)CC2)=Nc2ccncc2C1OC(C)=O. The number of nitrogens with zero attached hydrogens (tertiary/aromatic N) is 5. The van der Waals surface area contributed by atoms with Gasteiger partial charge in [0.25, 0.3) is 0 Å². The average molecular weight is 490 g/mol. The van der Waals surface area contributed by atoms with E-state index in [2.05, 4.69) is 14.8 Å². The van der Waals surface area contributed by atoms with Gasteiger partial charge in [0, 0.05) is 51.2 Å². The Morgan fingerprint density at radius 3 is 2.44 bits per heavy atom. The van der Waals surface area contributed by atoms with Gasteiger partial charge in [-0.25, -0.2) is 9.38 Å². The van der Waals surface area contributed by atoms with E-state index in [4.69, 9.17) is 14.5 Å². The first kappa shape index (κ1) is 23.6. The number of ether oxygens (including phenoxy) is 2. The van der Waals surface area contributed by atoms with Crippen molar-refractivity contribution in [2.24, 2.45) is 4.99 Å². The number of aliphatic imine (C=N–C) groups is 1. The van der Waals surface area contributed by atoms with Crippen molar-refractivity contribution in [2.45, 2.75) is 20.1 Å². The van der Waals surface area contributed by atoms with E-state index in [-0.39, 0.29) is 5.82 Å². The molecular formula is C27H28FN5O3. The third-order valence-corrected chi connectivity index (χ3v) is 6.39. The number of pyridine rings is 1. The topological polar surface area (TPSA) is 70.5 Å². The third-order valence-electron chi connectivity index (χ3n) is 6.39. The van der Waals surface area contributed by atoms with Crippen molar-refractivity contribution in [1.29, 1.82) is 0 Å². The van der Waals surface area contributed by atoms with Gasteiger partial charge in [0.05, 0.1) is 24.0 Å². The summed E-state index contributed by atoms with van der Waals surface area (Å²) in [5, 5.41) is 0. The highest BCUT2D eigenvalue weighted by atomic mass is 19.1. The monoisotopic (exact) mass is 489 g/mol. The van der Waals surface area contributed by atoms with Crippen LogP contribution in [0.2, 0.25) is 0 Å². The molecule has 3 heterocycles. The lowest BCUT2D eigenvalue weighted by Crippen LogP contribution is -2.55. The highest BCUT2D eigenvalue weighted by molar-refractivity contribution is 6.01. The number of hydrogen-bond acceptors (Lipinski definition) is 8. The molecule has 1 unspecified atom stereocenters. The molecule has 0 radical (unpaired) electrons. The van der Waals surface area contributed by atoms with Crippen LogP contribution in [0.5, 0.6) is 5.75 Å². The fraction of sp³-hybridized carbons (Fsp3) is 0.296. The van der Waals surface area contributed by atoms with E-state index in [1.807, 2.05) is 36.1 Å². The maximum Gasteiger partial charge on any atom is 0.304 e. The van der Waals surface area contributed by atoms with Crippen molar-refractivity contribution in [3.05, 3.63) is 77.9 Å². The minimum atomic E-state index is -0.760. The standard InChI is InChI=1S/C27H28FN5O3/c1-18-4-9-25(35-3)24(16-18)33-26(36-19(2)34)22-17-29-11-10-23(22)30-27(33)32-14-12-31(13-15-32)21-7-5-20(28)6-8-21/h4-11,16-17,26H,12-15H2,1-3H3. The number of carbonyl (C=O) groups is 1. The molecule has 0 amide bonds. The Bertz CT molecular complexity index is 1290. The molecule has 186 valence electrons. The molecular weight excluding hydrogens is 461 g/mol. The van der Waals surface area contributed by atoms with Crippen LogP contribution in [-0.2, 0) is 9.53 Å². The molecule has 1 atom stereocenters. The second-order valence-electron chi connectivity index (χ2n) is 8.80. The predicted octanol–water partition coefficient (Wildman–Crippen LogP) is 4.43. The number of rotatable bonds is 4. The van der Waals surface area contributed by atoms with Crippen LogP contribution in [0.3, 0.4) is 0 Å². The Kier molecular flexibility index (Phi) is 6.45. The molecule has 0 aliphatic carbocycles. The van der Waals surface area contributed by atoms with E-state index in [0.717, 1.165) is 30.0 Å². The number of aromatic nitrogens is 1. The average Bonchev–Trinajstić information content (AvgIpc) is 2.89. The summed E-state index contributed by atoms with van der Waals surface area (Å²) in [5.74, 6) is 0.653. The third kappa shape index (κ3) is 4.56. The van der Waals surface area contributed by atoms with Crippen LogP contribution in [0, 0.1) is 12.7 Å². The minimum Gasteiger partial charge on any atom is -0.495 e.